The highest BCUT2D eigenvalue weighted by Gasteiger charge is 2.10. The van der Waals surface area contributed by atoms with Crippen LogP contribution in [0.1, 0.15) is 17.2 Å². The molecule has 0 aliphatic carbocycles. The monoisotopic (exact) mass is 253 g/mol. The molecule has 3 nitrogen and oxygen atoms in total. The molecule has 0 fully saturated rings. The molecule has 2 aromatic carbocycles. The van der Waals surface area contributed by atoms with Gasteiger partial charge >= 0.3 is 0 Å². The van der Waals surface area contributed by atoms with Gasteiger partial charge in [0.05, 0.1) is 25.7 Å². The van der Waals surface area contributed by atoms with Crippen LogP contribution in [-0.4, -0.2) is 7.11 Å². The lowest BCUT2D eigenvalue weighted by Crippen LogP contribution is -2.10. The predicted octanol–water partition coefficient (Wildman–Crippen LogP) is 3.49. The molecule has 0 saturated heterocycles. The molecule has 96 valence electrons. The molecule has 3 aromatic rings. The summed E-state index contributed by atoms with van der Waals surface area (Å²) >= 11 is 0. The minimum absolute atomic E-state index is 0.162. The molecule has 0 radical (unpaired) electrons. The summed E-state index contributed by atoms with van der Waals surface area (Å²) in [6.45, 7) is 0. The SMILES string of the molecule is COc1ccc2cc(C(N)c3ccoc3)ccc2c1. The molecule has 1 aromatic heterocycles. The maximum atomic E-state index is 6.22. The van der Waals surface area contributed by atoms with Gasteiger partial charge in [0.2, 0.25) is 0 Å². The number of furan rings is 1. The minimum atomic E-state index is -0.162. The Kier molecular flexibility index (Phi) is 2.97. The first kappa shape index (κ1) is 11.8. The molecule has 0 amide bonds. The van der Waals surface area contributed by atoms with E-state index >= 15 is 0 Å². The summed E-state index contributed by atoms with van der Waals surface area (Å²) in [5.41, 5.74) is 8.27. The fourth-order valence-corrected chi connectivity index (χ4v) is 2.21. The number of ether oxygens (including phenoxy) is 1. The lowest BCUT2D eigenvalue weighted by molar-refractivity contribution is 0.415. The first-order valence-electron chi connectivity index (χ1n) is 6.13. The zero-order valence-electron chi connectivity index (χ0n) is 10.7. The molecule has 0 aliphatic rings. The van der Waals surface area contributed by atoms with Crippen LogP contribution in [0.15, 0.2) is 59.4 Å². The van der Waals surface area contributed by atoms with E-state index in [0.717, 1.165) is 27.6 Å². The van der Waals surface area contributed by atoms with Gasteiger partial charge in [-0.15, -0.1) is 0 Å². The van der Waals surface area contributed by atoms with Gasteiger partial charge in [-0.1, -0.05) is 18.2 Å². The Morgan fingerprint density at radius 3 is 2.53 bits per heavy atom. The Morgan fingerprint density at radius 1 is 1.00 bits per heavy atom. The van der Waals surface area contributed by atoms with Crippen LogP contribution in [0.5, 0.6) is 5.75 Å². The number of nitrogens with two attached hydrogens (primary N) is 1. The van der Waals surface area contributed by atoms with Gasteiger partial charge in [0.1, 0.15) is 5.75 Å². The number of hydrogen-bond acceptors (Lipinski definition) is 3. The quantitative estimate of drug-likeness (QED) is 0.777. The van der Waals surface area contributed by atoms with Crippen molar-refractivity contribution in [2.75, 3.05) is 7.11 Å². The number of hydrogen-bond donors (Lipinski definition) is 1. The van der Waals surface area contributed by atoms with Crippen molar-refractivity contribution >= 4 is 10.8 Å². The van der Waals surface area contributed by atoms with Gasteiger partial charge in [-0.2, -0.15) is 0 Å². The molecular formula is C16H15NO2. The van der Waals surface area contributed by atoms with Crippen molar-refractivity contribution in [3.8, 4) is 5.75 Å². The summed E-state index contributed by atoms with van der Waals surface area (Å²) in [5, 5.41) is 2.29. The van der Waals surface area contributed by atoms with Crippen LogP contribution >= 0.6 is 0 Å². The van der Waals surface area contributed by atoms with Crippen LogP contribution in [0.25, 0.3) is 10.8 Å². The molecule has 1 unspecified atom stereocenters. The third kappa shape index (κ3) is 2.20. The molecule has 1 atom stereocenters. The van der Waals surface area contributed by atoms with Crippen molar-refractivity contribution < 1.29 is 9.15 Å². The molecule has 19 heavy (non-hydrogen) atoms. The normalized spacial score (nSPS) is 12.5. The van der Waals surface area contributed by atoms with Gasteiger partial charge in [0.25, 0.3) is 0 Å². The van der Waals surface area contributed by atoms with Crippen molar-refractivity contribution in [2.24, 2.45) is 5.73 Å². The van der Waals surface area contributed by atoms with Crippen LogP contribution in [0.4, 0.5) is 0 Å². The number of fused-ring (bicyclic) bond motifs is 1. The molecule has 2 N–H and O–H groups in total. The van der Waals surface area contributed by atoms with E-state index in [1.165, 1.54) is 0 Å². The van der Waals surface area contributed by atoms with Gasteiger partial charge in [-0.05, 0) is 40.6 Å². The second kappa shape index (κ2) is 4.78. The maximum Gasteiger partial charge on any atom is 0.119 e. The van der Waals surface area contributed by atoms with E-state index in [9.17, 15) is 0 Å². The highest BCUT2D eigenvalue weighted by atomic mass is 16.5. The van der Waals surface area contributed by atoms with E-state index in [1.807, 2.05) is 30.3 Å². The van der Waals surface area contributed by atoms with Crippen LogP contribution in [-0.2, 0) is 0 Å². The van der Waals surface area contributed by atoms with Crippen molar-refractivity contribution in [3.63, 3.8) is 0 Å². The lowest BCUT2D eigenvalue weighted by atomic mass is 9.99. The topological polar surface area (TPSA) is 48.4 Å². The molecular weight excluding hydrogens is 238 g/mol. The third-order valence-corrected chi connectivity index (χ3v) is 3.33. The average Bonchev–Trinajstić information content (AvgIpc) is 2.99. The summed E-state index contributed by atoms with van der Waals surface area (Å²) in [4.78, 5) is 0. The van der Waals surface area contributed by atoms with Crippen LogP contribution in [0, 0.1) is 0 Å². The van der Waals surface area contributed by atoms with Crippen molar-refractivity contribution in [1.82, 2.24) is 0 Å². The fourth-order valence-electron chi connectivity index (χ4n) is 2.21. The molecule has 0 aliphatic heterocycles. The van der Waals surface area contributed by atoms with Gasteiger partial charge < -0.3 is 14.9 Å². The first-order chi connectivity index (χ1) is 9.28. The minimum Gasteiger partial charge on any atom is -0.497 e. The van der Waals surface area contributed by atoms with E-state index in [0.29, 0.717) is 0 Å². The Bertz CT molecular complexity index is 689. The Morgan fingerprint density at radius 2 is 1.79 bits per heavy atom. The second-order valence-corrected chi connectivity index (χ2v) is 4.51. The molecule has 0 saturated carbocycles. The van der Waals surface area contributed by atoms with Crippen molar-refractivity contribution in [2.45, 2.75) is 6.04 Å². The van der Waals surface area contributed by atoms with Gasteiger partial charge in [0.15, 0.2) is 0 Å². The Balaban J connectivity index is 2.02. The van der Waals surface area contributed by atoms with E-state index in [2.05, 4.69) is 12.1 Å². The lowest BCUT2D eigenvalue weighted by Gasteiger charge is -2.11. The van der Waals surface area contributed by atoms with Crippen LogP contribution in [0.2, 0.25) is 0 Å². The molecule has 3 rings (SSSR count). The van der Waals surface area contributed by atoms with E-state index in [-0.39, 0.29) is 6.04 Å². The Labute approximate surface area is 111 Å². The first-order valence-corrected chi connectivity index (χ1v) is 6.13. The summed E-state index contributed by atoms with van der Waals surface area (Å²) < 4.78 is 10.3. The average molecular weight is 253 g/mol. The maximum absolute atomic E-state index is 6.22. The van der Waals surface area contributed by atoms with E-state index in [1.54, 1.807) is 19.6 Å². The molecule has 1 heterocycles. The second-order valence-electron chi connectivity index (χ2n) is 4.51. The Hall–Kier alpha value is -2.26. The summed E-state index contributed by atoms with van der Waals surface area (Å²) in [6, 6.07) is 13.9. The summed E-state index contributed by atoms with van der Waals surface area (Å²) in [5.74, 6) is 0.861. The van der Waals surface area contributed by atoms with Crippen molar-refractivity contribution in [3.05, 3.63) is 66.1 Å². The zero-order chi connectivity index (χ0) is 13.2. The van der Waals surface area contributed by atoms with E-state index in [4.69, 9.17) is 14.9 Å². The van der Waals surface area contributed by atoms with Gasteiger partial charge in [-0.25, -0.2) is 0 Å². The molecule has 0 bridgehead atoms. The van der Waals surface area contributed by atoms with Crippen LogP contribution in [0.3, 0.4) is 0 Å². The van der Waals surface area contributed by atoms with Crippen LogP contribution < -0.4 is 10.5 Å². The zero-order valence-corrected chi connectivity index (χ0v) is 10.7. The standard InChI is InChI=1S/C16H15NO2/c1-18-15-5-4-11-8-13(3-2-12(11)9-15)16(17)14-6-7-19-10-14/h2-10,16H,17H2,1H3. The molecule has 3 heteroatoms. The molecule has 0 spiro atoms. The van der Waals surface area contributed by atoms with E-state index < -0.39 is 0 Å². The predicted molar refractivity (Wildman–Crippen MR) is 75.2 cm³/mol. The van der Waals surface area contributed by atoms with Gasteiger partial charge in [-0.3, -0.25) is 0 Å². The fraction of sp³-hybridized carbons (Fsp3) is 0.125. The summed E-state index contributed by atoms with van der Waals surface area (Å²) in [7, 11) is 1.67. The number of rotatable bonds is 3. The third-order valence-electron chi connectivity index (χ3n) is 3.33. The smallest absolute Gasteiger partial charge is 0.119 e. The highest BCUT2D eigenvalue weighted by Crippen LogP contribution is 2.26. The highest BCUT2D eigenvalue weighted by molar-refractivity contribution is 5.84. The number of benzene rings is 2. The summed E-state index contributed by atoms with van der Waals surface area (Å²) in [6.07, 6.45) is 3.32. The van der Waals surface area contributed by atoms with Gasteiger partial charge in [0, 0.05) is 5.56 Å². The number of methoxy groups -OCH3 is 1. The van der Waals surface area contributed by atoms with Crippen molar-refractivity contribution in [1.29, 1.82) is 0 Å². The largest absolute Gasteiger partial charge is 0.497 e.